The fourth-order valence-corrected chi connectivity index (χ4v) is 2.86. The monoisotopic (exact) mass is 324 g/mol. The lowest BCUT2D eigenvalue weighted by Crippen LogP contribution is -2.24. The smallest absolute Gasteiger partial charge is 0.397 e. The zero-order valence-electron chi connectivity index (χ0n) is 13.1. The van der Waals surface area contributed by atoms with Crippen molar-refractivity contribution >= 4 is 16.4 Å². The minimum atomic E-state index is -4.56. The number of hydrogen-bond acceptors (Lipinski definition) is 4. The van der Waals surface area contributed by atoms with E-state index in [-0.39, 0.29) is 6.42 Å². The summed E-state index contributed by atoms with van der Waals surface area (Å²) in [6, 6.07) is 0. The maximum atomic E-state index is 10.9. The van der Waals surface area contributed by atoms with Crippen LogP contribution in [0.25, 0.3) is 0 Å². The first-order valence-corrected chi connectivity index (χ1v) is 8.94. The van der Waals surface area contributed by atoms with E-state index >= 15 is 0 Å². The largest absolute Gasteiger partial charge is 0.481 e. The van der Waals surface area contributed by atoms with Gasteiger partial charge in [-0.1, -0.05) is 46.5 Å². The molecule has 0 fully saturated rings. The third kappa shape index (κ3) is 10.7. The van der Waals surface area contributed by atoms with E-state index in [2.05, 4.69) is 18.0 Å². The van der Waals surface area contributed by atoms with E-state index in [1.165, 1.54) is 6.92 Å². The molecular weight excluding hydrogens is 296 g/mol. The SMILES string of the molecule is CCCCC(CC)CCC(CC(C)C(=O)O)OS(=O)(=O)O. The van der Waals surface area contributed by atoms with Crippen LogP contribution in [0.3, 0.4) is 0 Å². The summed E-state index contributed by atoms with van der Waals surface area (Å²) >= 11 is 0. The molecule has 0 heterocycles. The second-order valence-electron chi connectivity index (χ2n) is 5.61. The van der Waals surface area contributed by atoms with E-state index in [0.29, 0.717) is 12.3 Å². The van der Waals surface area contributed by atoms with Crippen LogP contribution in [0.5, 0.6) is 0 Å². The van der Waals surface area contributed by atoms with Crippen molar-refractivity contribution in [3.63, 3.8) is 0 Å². The molecule has 3 unspecified atom stereocenters. The molecule has 0 bridgehead atoms. The third-order valence-electron chi connectivity index (χ3n) is 3.74. The summed E-state index contributed by atoms with van der Waals surface area (Å²) in [6.45, 7) is 5.70. The first kappa shape index (κ1) is 20.3. The van der Waals surface area contributed by atoms with Crippen molar-refractivity contribution in [3.8, 4) is 0 Å². The van der Waals surface area contributed by atoms with Crippen LogP contribution in [-0.4, -0.2) is 30.2 Å². The fraction of sp³-hybridized carbons (Fsp3) is 0.929. The number of hydrogen-bond donors (Lipinski definition) is 2. The number of carboxylic acid groups (broad SMARTS) is 1. The minimum absolute atomic E-state index is 0.0688. The van der Waals surface area contributed by atoms with Crippen LogP contribution < -0.4 is 0 Å². The van der Waals surface area contributed by atoms with Gasteiger partial charge in [-0.2, -0.15) is 8.42 Å². The lowest BCUT2D eigenvalue weighted by molar-refractivity contribution is -0.142. The van der Waals surface area contributed by atoms with Gasteiger partial charge < -0.3 is 5.11 Å². The van der Waals surface area contributed by atoms with Crippen LogP contribution in [0.2, 0.25) is 0 Å². The van der Waals surface area contributed by atoms with Crippen LogP contribution in [0.4, 0.5) is 0 Å². The molecule has 21 heavy (non-hydrogen) atoms. The maximum absolute atomic E-state index is 10.9. The quantitative estimate of drug-likeness (QED) is 0.534. The fourth-order valence-electron chi connectivity index (χ4n) is 2.34. The number of carbonyl (C=O) groups is 1. The Kier molecular flexibility index (Phi) is 9.81. The molecule has 7 heteroatoms. The van der Waals surface area contributed by atoms with Crippen LogP contribution >= 0.6 is 0 Å². The number of carboxylic acids is 1. The molecule has 0 aromatic carbocycles. The minimum Gasteiger partial charge on any atom is -0.481 e. The van der Waals surface area contributed by atoms with Gasteiger partial charge in [0.25, 0.3) is 0 Å². The van der Waals surface area contributed by atoms with Gasteiger partial charge in [-0.25, -0.2) is 4.18 Å². The van der Waals surface area contributed by atoms with Crippen LogP contribution in [0, 0.1) is 11.8 Å². The molecule has 0 aliphatic rings. The molecule has 0 aliphatic carbocycles. The van der Waals surface area contributed by atoms with Gasteiger partial charge in [0.2, 0.25) is 0 Å². The van der Waals surface area contributed by atoms with Gasteiger partial charge in [-0.15, -0.1) is 0 Å². The molecule has 0 saturated carbocycles. The normalized spacial score (nSPS) is 16.4. The van der Waals surface area contributed by atoms with Gasteiger partial charge >= 0.3 is 16.4 Å². The number of aliphatic carboxylic acids is 1. The average molecular weight is 324 g/mol. The first-order valence-electron chi connectivity index (χ1n) is 7.58. The third-order valence-corrected chi connectivity index (χ3v) is 4.25. The van der Waals surface area contributed by atoms with E-state index in [1.807, 2.05) is 0 Å². The molecule has 0 rings (SSSR count). The van der Waals surface area contributed by atoms with Crippen molar-refractivity contribution in [3.05, 3.63) is 0 Å². The summed E-state index contributed by atoms with van der Waals surface area (Å²) in [5.74, 6) is -1.25. The van der Waals surface area contributed by atoms with E-state index < -0.39 is 28.4 Å². The lowest BCUT2D eigenvalue weighted by Gasteiger charge is -2.21. The van der Waals surface area contributed by atoms with Crippen LogP contribution in [-0.2, 0) is 19.4 Å². The van der Waals surface area contributed by atoms with Crippen molar-refractivity contribution in [1.82, 2.24) is 0 Å². The van der Waals surface area contributed by atoms with Crippen molar-refractivity contribution < 1.29 is 27.1 Å². The standard InChI is InChI=1S/C14H28O6S/c1-4-6-7-12(5-2)8-9-13(20-21(17,18)19)10-11(3)14(15)16/h11-13H,4-10H2,1-3H3,(H,15,16)(H,17,18,19). The highest BCUT2D eigenvalue weighted by Crippen LogP contribution is 2.23. The number of unbranched alkanes of at least 4 members (excludes halogenated alkanes) is 1. The molecule has 3 atom stereocenters. The molecule has 126 valence electrons. The summed E-state index contributed by atoms with van der Waals surface area (Å²) in [4.78, 5) is 10.9. The van der Waals surface area contributed by atoms with Gasteiger partial charge in [0, 0.05) is 0 Å². The molecule has 0 amide bonds. The molecule has 0 radical (unpaired) electrons. The summed E-state index contributed by atoms with van der Waals surface area (Å²) in [6.07, 6.45) is 4.77. The zero-order valence-corrected chi connectivity index (χ0v) is 13.9. The maximum Gasteiger partial charge on any atom is 0.397 e. The van der Waals surface area contributed by atoms with Gasteiger partial charge in [-0.05, 0) is 25.2 Å². The Bertz CT molecular complexity index is 392. The highest BCUT2D eigenvalue weighted by atomic mass is 32.3. The zero-order chi connectivity index (χ0) is 16.5. The predicted octanol–water partition coefficient (Wildman–Crippen LogP) is 3.28. The molecule has 0 saturated heterocycles. The molecule has 0 aliphatic heterocycles. The Morgan fingerprint density at radius 3 is 2.24 bits per heavy atom. The van der Waals surface area contributed by atoms with E-state index in [1.54, 1.807) is 0 Å². The van der Waals surface area contributed by atoms with Crippen molar-refractivity contribution in [1.29, 1.82) is 0 Å². The Labute approximate surface area is 127 Å². The Hall–Kier alpha value is -0.660. The highest BCUT2D eigenvalue weighted by molar-refractivity contribution is 7.80. The van der Waals surface area contributed by atoms with Gasteiger partial charge in [0.15, 0.2) is 0 Å². The second-order valence-corrected chi connectivity index (χ2v) is 6.66. The van der Waals surface area contributed by atoms with Gasteiger partial charge in [0.1, 0.15) is 0 Å². The lowest BCUT2D eigenvalue weighted by atomic mass is 9.91. The molecule has 0 spiro atoms. The predicted molar refractivity (Wildman–Crippen MR) is 80.4 cm³/mol. The van der Waals surface area contributed by atoms with E-state index in [0.717, 1.165) is 32.1 Å². The second kappa shape index (κ2) is 10.1. The topological polar surface area (TPSA) is 101 Å². The Balaban J connectivity index is 4.54. The molecule has 0 aromatic rings. The molecule has 0 aromatic heterocycles. The molecular formula is C14H28O6S. The van der Waals surface area contributed by atoms with Crippen molar-refractivity contribution in [2.75, 3.05) is 0 Å². The average Bonchev–Trinajstić information content (AvgIpc) is 2.36. The van der Waals surface area contributed by atoms with E-state index in [9.17, 15) is 13.2 Å². The Morgan fingerprint density at radius 2 is 1.81 bits per heavy atom. The number of rotatable bonds is 12. The van der Waals surface area contributed by atoms with Gasteiger partial charge in [0.05, 0.1) is 12.0 Å². The summed E-state index contributed by atoms with van der Waals surface area (Å²) < 4.78 is 35.2. The molecule has 2 N–H and O–H groups in total. The van der Waals surface area contributed by atoms with Crippen molar-refractivity contribution in [2.24, 2.45) is 11.8 Å². The summed E-state index contributed by atoms with van der Waals surface area (Å²) in [5, 5.41) is 8.90. The van der Waals surface area contributed by atoms with Gasteiger partial charge in [-0.3, -0.25) is 9.35 Å². The van der Waals surface area contributed by atoms with Crippen molar-refractivity contribution in [2.45, 2.75) is 71.8 Å². The highest BCUT2D eigenvalue weighted by Gasteiger charge is 2.24. The summed E-state index contributed by atoms with van der Waals surface area (Å²) in [7, 11) is -4.56. The Morgan fingerprint density at radius 1 is 1.19 bits per heavy atom. The van der Waals surface area contributed by atoms with E-state index in [4.69, 9.17) is 9.66 Å². The van der Waals surface area contributed by atoms with Crippen LogP contribution in [0.1, 0.15) is 65.7 Å². The van der Waals surface area contributed by atoms with Crippen LogP contribution in [0.15, 0.2) is 0 Å². The molecule has 6 nitrogen and oxygen atoms in total. The summed E-state index contributed by atoms with van der Waals surface area (Å²) in [5.41, 5.74) is 0. The first-order chi connectivity index (χ1) is 9.69.